The summed E-state index contributed by atoms with van der Waals surface area (Å²) < 4.78 is 47.4. The Kier molecular flexibility index (Phi) is 3.83. The van der Waals surface area contributed by atoms with Crippen molar-refractivity contribution >= 4 is 6.47 Å². The van der Waals surface area contributed by atoms with E-state index in [2.05, 4.69) is 14.9 Å². The van der Waals surface area contributed by atoms with Crippen molar-refractivity contribution in [2.24, 2.45) is 0 Å². The molecule has 1 aromatic heterocycles. The molecule has 2 aromatic rings. The van der Waals surface area contributed by atoms with E-state index < -0.39 is 11.7 Å². The molecule has 0 spiro atoms. The van der Waals surface area contributed by atoms with Crippen molar-refractivity contribution in [2.45, 2.75) is 6.18 Å². The number of benzene rings is 1. The second-order valence-corrected chi connectivity index (χ2v) is 3.54. The standard InChI is InChI=1S/C12H7F3N2O3/c13-12(14,15)8-2-1-3-9(6-8)20-11-10(19-7-18)4-5-16-17-11/h1-7H. The van der Waals surface area contributed by atoms with E-state index in [1.54, 1.807) is 0 Å². The van der Waals surface area contributed by atoms with Crippen molar-refractivity contribution in [3.63, 3.8) is 0 Å². The summed E-state index contributed by atoms with van der Waals surface area (Å²) in [7, 11) is 0. The average molecular weight is 284 g/mol. The highest BCUT2D eigenvalue weighted by atomic mass is 19.4. The van der Waals surface area contributed by atoms with Gasteiger partial charge in [-0.05, 0) is 18.2 Å². The van der Waals surface area contributed by atoms with Crippen LogP contribution in [0.15, 0.2) is 36.5 Å². The molecule has 104 valence electrons. The maximum absolute atomic E-state index is 12.6. The van der Waals surface area contributed by atoms with E-state index in [9.17, 15) is 18.0 Å². The molecule has 0 aliphatic carbocycles. The van der Waals surface area contributed by atoms with Gasteiger partial charge in [-0.2, -0.15) is 18.3 Å². The van der Waals surface area contributed by atoms with E-state index in [4.69, 9.17) is 4.74 Å². The van der Waals surface area contributed by atoms with Crippen molar-refractivity contribution < 1.29 is 27.4 Å². The summed E-state index contributed by atoms with van der Waals surface area (Å²) in [6.45, 7) is 0.149. The lowest BCUT2D eigenvalue weighted by Gasteiger charge is -2.10. The molecule has 0 N–H and O–H groups in total. The van der Waals surface area contributed by atoms with Crippen LogP contribution in [0.1, 0.15) is 5.56 Å². The van der Waals surface area contributed by atoms with E-state index in [0.29, 0.717) is 0 Å². The Morgan fingerprint density at radius 2 is 2.00 bits per heavy atom. The summed E-state index contributed by atoms with van der Waals surface area (Å²) in [6.07, 6.45) is -3.23. The second kappa shape index (κ2) is 5.55. The number of aromatic nitrogens is 2. The van der Waals surface area contributed by atoms with Gasteiger partial charge in [-0.25, -0.2) is 0 Å². The molecule has 20 heavy (non-hydrogen) atoms. The molecule has 0 amide bonds. The van der Waals surface area contributed by atoms with Gasteiger partial charge in [0.15, 0.2) is 5.75 Å². The monoisotopic (exact) mass is 284 g/mol. The molecule has 0 saturated carbocycles. The molecule has 5 nitrogen and oxygen atoms in total. The molecule has 2 rings (SSSR count). The fraction of sp³-hybridized carbons (Fsp3) is 0.0833. The predicted octanol–water partition coefficient (Wildman–Crippen LogP) is 2.82. The largest absolute Gasteiger partial charge is 0.435 e. The van der Waals surface area contributed by atoms with Crippen molar-refractivity contribution in [1.82, 2.24) is 10.2 Å². The van der Waals surface area contributed by atoms with Crippen LogP contribution < -0.4 is 9.47 Å². The fourth-order valence-electron chi connectivity index (χ4n) is 1.37. The molecule has 0 aliphatic heterocycles. The van der Waals surface area contributed by atoms with Crippen LogP contribution in [0.25, 0.3) is 0 Å². The molecular formula is C12H7F3N2O3. The maximum Gasteiger partial charge on any atom is 0.416 e. The fourth-order valence-corrected chi connectivity index (χ4v) is 1.37. The highest BCUT2D eigenvalue weighted by Crippen LogP contribution is 2.33. The lowest BCUT2D eigenvalue weighted by Crippen LogP contribution is -2.04. The van der Waals surface area contributed by atoms with Crippen molar-refractivity contribution in [2.75, 3.05) is 0 Å². The zero-order chi connectivity index (χ0) is 14.6. The number of rotatable bonds is 4. The predicted molar refractivity (Wildman–Crippen MR) is 60.2 cm³/mol. The van der Waals surface area contributed by atoms with Gasteiger partial charge in [-0.15, -0.1) is 5.10 Å². The van der Waals surface area contributed by atoms with E-state index in [-0.39, 0.29) is 23.9 Å². The normalized spacial score (nSPS) is 10.9. The number of ether oxygens (including phenoxy) is 2. The first-order valence-corrected chi connectivity index (χ1v) is 5.28. The van der Waals surface area contributed by atoms with Crippen LogP contribution in [0.5, 0.6) is 17.4 Å². The van der Waals surface area contributed by atoms with Gasteiger partial charge in [0, 0.05) is 6.07 Å². The molecule has 0 fully saturated rings. The van der Waals surface area contributed by atoms with Crippen molar-refractivity contribution in [1.29, 1.82) is 0 Å². The highest BCUT2D eigenvalue weighted by molar-refractivity contribution is 5.48. The summed E-state index contributed by atoms with van der Waals surface area (Å²) in [5.41, 5.74) is -0.864. The van der Waals surface area contributed by atoms with Gasteiger partial charge >= 0.3 is 6.18 Å². The Morgan fingerprint density at radius 1 is 1.20 bits per heavy atom. The lowest BCUT2D eigenvalue weighted by molar-refractivity contribution is -0.137. The molecule has 0 unspecified atom stereocenters. The summed E-state index contributed by atoms with van der Waals surface area (Å²) in [5, 5.41) is 7.05. The number of nitrogens with zero attached hydrogens (tertiary/aromatic N) is 2. The van der Waals surface area contributed by atoms with Gasteiger partial charge in [-0.1, -0.05) is 6.07 Å². The smallest absolute Gasteiger partial charge is 0.416 e. The van der Waals surface area contributed by atoms with Crippen LogP contribution in [-0.2, 0) is 11.0 Å². The Morgan fingerprint density at radius 3 is 2.70 bits per heavy atom. The first kappa shape index (κ1) is 13.8. The number of alkyl halides is 3. The van der Waals surface area contributed by atoms with Crippen LogP contribution in [0.2, 0.25) is 0 Å². The van der Waals surface area contributed by atoms with Crippen LogP contribution in [0.3, 0.4) is 0 Å². The Bertz CT molecular complexity index is 617. The zero-order valence-corrected chi connectivity index (χ0v) is 9.79. The Labute approximate surface area is 111 Å². The molecule has 0 bridgehead atoms. The summed E-state index contributed by atoms with van der Waals surface area (Å²) in [6, 6.07) is 5.51. The number of carbonyl (C=O) groups is 1. The van der Waals surface area contributed by atoms with Crippen LogP contribution in [-0.4, -0.2) is 16.7 Å². The summed E-state index contributed by atoms with van der Waals surface area (Å²) in [4.78, 5) is 10.3. The van der Waals surface area contributed by atoms with E-state index in [0.717, 1.165) is 12.1 Å². The minimum absolute atomic E-state index is 0.0487. The van der Waals surface area contributed by atoms with Gasteiger partial charge in [0.05, 0.1) is 11.8 Å². The lowest BCUT2D eigenvalue weighted by atomic mass is 10.2. The molecule has 0 aliphatic rings. The minimum Gasteiger partial charge on any atom is -0.435 e. The molecule has 8 heteroatoms. The molecule has 1 heterocycles. The van der Waals surface area contributed by atoms with Gasteiger partial charge in [0.2, 0.25) is 0 Å². The SMILES string of the molecule is O=COc1ccnnc1Oc1cccc(C(F)(F)F)c1. The van der Waals surface area contributed by atoms with Crippen LogP contribution in [0.4, 0.5) is 13.2 Å². The van der Waals surface area contributed by atoms with Crippen molar-refractivity contribution in [3.05, 3.63) is 42.1 Å². The third kappa shape index (κ3) is 3.22. The van der Waals surface area contributed by atoms with Gasteiger partial charge in [-0.3, -0.25) is 4.79 Å². The average Bonchev–Trinajstić information content (AvgIpc) is 2.41. The Hall–Kier alpha value is -2.64. The third-order valence-corrected chi connectivity index (χ3v) is 2.20. The molecular weight excluding hydrogens is 277 g/mol. The third-order valence-electron chi connectivity index (χ3n) is 2.20. The summed E-state index contributed by atoms with van der Waals surface area (Å²) in [5.74, 6) is -0.359. The molecule has 1 aromatic carbocycles. The minimum atomic E-state index is -4.48. The number of carbonyl (C=O) groups excluding carboxylic acids is 1. The first-order chi connectivity index (χ1) is 9.50. The second-order valence-electron chi connectivity index (χ2n) is 3.54. The Balaban J connectivity index is 2.29. The van der Waals surface area contributed by atoms with Crippen LogP contribution in [0, 0.1) is 0 Å². The van der Waals surface area contributed by atoms with E-state index in [1.807, 2.05) is 0 Å². The maximum atomic E-state index is 12.6. The van der Waals surface area contributed by atoms with Gasteiger partial charge < -0.3 is 9.47 Å². The molecule has 0 saturated heterocycles. The molecule has 0 radical (unpaired) electrons. The number of halogens is 3. The van der Waals surface area contributed by atoms with Crippen molar-refractivity contribution in [3.8, 4) is 17.4 Å². The van der Waals surface area contributed by atoms with Crippen LogP contribution >= 0.6 is 0 Å². The van der Waals surface area contributed by atoms with Gasteiger partial charge in [0.25, 0.3) is 12.4 Å². The van der Waals surface area contributed by atoms with E-state index >= 15 is 0 Å². The quantitative estimate of drug-likeness (QED) is 0.808. The number of hydrogen-bond acceptors (Lipinski definition) is 5. The zero-order valence-electron chi connectivity index (χ0n) is 9.79. The molecule has 0 atom stereocenters. The summed E-state index contributed by atoms with van der Waals surface area (Å²) >= 11 is 0. The van der Waals surface area contributed by atoms with E-state index in [1.165, 1.54) is 24.4 Å². The first-order valence-electron chi connectivity index (χ1n) is 5.28. The number of hydrogen-bond donors (Lipinski definition) is 0. The topological polar surface area (TPSA) is 61.3 Å². The van der Waals surface area contributed by atoms with Gasteiger partial charge in [0.1, 0.15) is 5.75 Å². The highest BCUT2D eigenvalue weighted by Gasteiger charge is 2.30.